The Morgan fingerprint density at radius 1 is 1.07 bits per heavy atom. The monoisotopic (exact) mass is 363 g/mol. The maximum Gasteiger partial charge on any atom is 0.288 e. The quantitative estimate of drug-likeness (QED) is 0.728. The largest absolute Gasteiger partial charge is 0.348 e. The maximum absolute atomic E-state index is 12.7. The van der Waals surface area contributed by atoms with Crippen LogP contribution >= 0.6 is 0 Å². The van der Waals surface area contributed by atoms with Crippen molar-refractivity contribution in [2.75, 3.05) is 0 Å². The van der Waals surface area contributed by atoms with E-state index in [0.717, 1.165) is 31.4 Å². The number of hydrogen-bond acceptors (Lipinski definition) is 4. The zero-order chi connectivity index (χ0) is 18.6. The Hall–Kier alpha value is -3.22. The molecule has 0 bridgehead atoms. The molecule has 3 aromatic heterocycles. The van der Waals surface area contributed by atoms with Gasteiger partial charge in [0.1, 0.15) is 0 Å². The van der Waals surface area contributed by atoms with Crippen LogP contribution in [0.5, 0.6) is 0 Å². The highest BCUT2D eigenvalue weighted by Gasteiger charge is 2.24. The molecule has 7 nitrogen and oxygen atoms in total. The van der Waals surface area contributed by atoms with E-state index < -0.39 is 0 Å². The van der Waals surface area contributed by atoms with Gasteiger partial charge in [-0.1, -0.05) is 25.0 Å². The summed E-state index contributed by atoms with van der Waals surface area (Å²) in [6, 6.07) is 11.2. The van der Waals surface area contributed by atoms with E-state index >= 15 is 0 Å². The lowest BCUT2D eigenvalue weighted by molar-refractivity contribution is 0.0934. The van der Waals surface area contributed by atoms with Crippen molar-refractivity contribution in [2.45, 2.75) is 38.3 Å². The first-order valence-corrected chi connectivity index (χ1v) is 9.18. The van der Waals surface area contributed by atoms with Crippen LogP contribution in [-0.2, 0) is 6.54 Å². The molecule has 0 unspecified atom stereocenters. The van der Waals surface area contributed by atoms with Gasteiger partial charge in [0.15, 0.2) is 5.69 Å². The van der Waals surface area contributed by atoms with Gasteiger partial charge in [0.2, 0.25) is 5.82 Å². The highest BCUT2D eigenvalue weighted by atomic mass is 16.2. The number of nitrogens with zero attached hydrogens (tertiary/aromatic N) is 3. The number of carbonyl (C=O) groups is 2. The van der Waals surface area contributed by atoms with Crippen molar-refractivity contribution in [3.63, 3.8) is 0 Å². The summed E-state index contributed by atoms with van der Waals surface area (Å²) in [5.41, 5.74) is 1.66. The molecular formula is C20H21N5O2. The lowest BCUT2D eigenvalue weighted by Crippen LogP contribution is -2.33. The van der Waals surface area contributed by atoms with E-state index in [4.69, 9.17) is 0 Å². The molecule has 0 aromatic carbocycles. The fourth-order valence-electron chi connectivity index (χ4n) is 3.44. The second kappa shape index (κ2) is 7.57. The SMILES string of the molecule is O=C(NC1CCCC1)c1nc(C(=O)NCc2ccccn2)n2ccccc12. The first-order chi connectivity index (χ1) is 13.2. The lowest BCUT2D eigenvalue weighted by atomic mass is 10.2. The summed E-state index contributed by atoms with van der Waals surface area (Å²) in [7, 11) is 0. The van der Waals surface area contributed by atoms with Crippen molar-refractivity contribution in [3.8, 4) is 0 Å². The molecule has 4 rings (SSSR count). The summed E-state index contributed by atoms with van der Waals surface area (Å²) < 4.78 is 1.65. The number of imidazole rings is 1. The molecular weight excluding hydrogens is 342 g/mol. The fourth-order valence-corrected chi connectivity index (χ4v) is 3.44. The van der Waals surface area contributed by atoms with Crippen LogP contribution < -0.4 is 10.6 Å². The number of pyridine rings is 2. The number of hydrogen-bond donors (Lipinski definition) is 2. The molecule has 2 N–H and O–H groups in total. The van der Waals surface area contributed by atoms with Crippen LogP contribution in [0.15, 0.2) is 48.8 Å². The molecule has 0 saturated heterocycles. The maximum atomic E-state index is 12.7. The molecule has 0 aliphatic heterocycles. The Balaban J connectivity index is 1.57. The molecule has 3 heterocycles. The van der Waals surface area contributed by atoms with Crippen molar-refractivity contribution >= 4 is 17.3 Å². The lowest BCUT2D eigenvalue weighted by Gasteiger charge is -2.10. The average molecular weight is 363 g/mol. The van der Waals surface area contributed by atoms with Gasteiger partial charge in [-0.25, -0.2) is 4.98 Å². The predicted octanol–water partition coefficient (Wildman–Crippen LogP) is 2.33. The summed E-state index contributed by atoms with van der Waals surface area (Å²) >= 11 is 0. The van der Waals surface area contributed by atoms with Crippen LogP contribution in [0.25, 0.3) is 5.52 Å². The Bertz CT molecular complexity index is 961. The molecule has 2 amide bonds. The molecule has 0 atom stereocenters. The van der Waals surface area contributed by atoms with Crippen LogP contribution in [-0.4, -0.2) is 32.2 Å². The number of rotatable bonds is 5. The summed E-state index contributed by atoms with van der Waals surface area (Å²) in [6.45, 7) is 0.297. The van der Waals surface area contributed by atoms with Gasteiger partial charge in [-0.2, -0.15) is 0 Å². The van der Waals surface area contributed by atoms with E-state index in [-0.39, 0.29) is 29.4 Å². The number of carbonyl (C=O) groups excluding carboxylic acids is 2. The topological polar surface area (TPSA) is 88.4 Å². The number of nitrogens with one attached hydrogen (secondary N) is 2. The van der Waals surface area contributed by atoms with E-state index in [0.29, 0.717) is 12.1 Å². The summed E-state index contributed by atoms with van der Waals surface area (Å²) in [6.07, 6.45) is 7.68. The molecule has 138 valence electrons. The van der Waals surface area contributed by atoms with Crippen LogP contribution in [0.4, 0.5) is 0 Å². The molecule has 27 heavy (non-hydrogen) atoms. The molecule has 0 spiro atoms. The predicted molar refractivity (Wildman–Crippen MR) is 100 cm³/mol. The molecule has 7 heteroatoms. The molecule has 0 radical (unpaired) electrons. The molecule has 3 aromatic rings. The van der Waals surface area contributed by atoms with Crippen molar-refractivity contribution < 1.29 is 9.59 Å². The second-order valence-corrected chi connectivity index (χ2v) is 6.70. The number of fused-ring (bicyclic) bond motifs is 1. The van der Waals surface area contributed by atoms with Gasteiger partial charge in [-0.05, 0) is 37.1 Å². The van der Waals surface area contributed by atoms with Crippen LogP contribution in [0.2, 0.25) is 0 Å². The minimum atomic E-state index is -0.346. The van der Waals surface area contributed by atoms with Gasteiger partial charge >= 0.3 is 0 Å². The summed E-state index contributed by atoms with van der Waals surface area (Å²) in [5, 5.41) is 5.86. The standard InChI is InChI=1S/C20H21N5O2/c26-19(23-14-7-1-2-8-14)17-16-10-4-6-12-25(16)18(24-17)20(27)22-13-15-9-3-5-11-21-15/h3-6,9-12,14H,1-2,7-8,13H2,(H,22,27)(H,23,26). The van der Waals surface area contributed by atoms with Gasteiger partial charge < -0.3 is 10.6 Å². The normalized spacial score (nSPS) is 14.4. The highest BCUT2D eigenvalue weighted by Crippen LogP contribution is 2.19. The fraction of sp³-hybridized carbons (Fsp3) is 0.300. The Kier molecular flexibility index (Phi) is 4.82. The van der Waals surface area contributed by atoms with Crippen molar-refractivity contribution in [1.29, 1.82) is 0 Å². The molecule has 1 fully saturated rings. The first-order valence-electron chi connectivity index (χ1n) is 9.18. The number of amides is 2. The van der Waals surface area contributed by atoms with Gasteiger partial charge in [-0.3, -0.25) is 19.0 Å². The molecule has 1 saturated carbocycles. The minimum absolute atomic E-state index is 0.193. The van der Waals surface area contributed by atoms with Gasteiger partial charge in [0.25, 0.3) is 11.8 Å². The van der Waals surface area contributed by atoms with Crippen LogP contribution in [0, 0.1) is 0 Å². The third-order valence-electron chi connectivity index (χ3n) is 4.81. The van der Waals surface area contributed by atoms with E-state index in [1.807, 2.05) is 30.3 Å². The van der Waals surface area contributed by atoms with E-state index in [9.17, 15) is 9.59 Å². The highest BCUT2D eigenvalue weighted by molar-refractivity contribution is 6.02. The van der Waals surface area contributed by atoms with Gasteiger partial charge in [0, 0.05) is 18.4 Å². The summed E-state index contributed by atoms with van der Waals surface area (Å²) in [4.78, 5) is 33.9. The zero-order valence-electron chi connectivity index (χ0n) is 14.9. The van der Waals surface area contributed by atoms with Crippen molar-refractivity contribution in [2.24, 2.45) is 0 Å². The Labute approximate surface area is 156 Å². The third kappa shape index (κ3) is 3.67. The second-order valence-electron chi connectivity index (χ2n) is 6.70. The van der Waals surface area contributed by atoms with E-state index in [1.165, 1.54) is 0 Å². The van der Waals surface area contributed by atoms with E-state index in [1.54, 1.807) is 22.9 Å². The third-order valence-corrected chi connectivity index (χ3v) is 4.81. The van der Waals surface area contributed by atoms with Gasteiger partial charge in [0.05, 0.1) is 17.8 Å². The van der Waals surface area contributed by atoms with Gasteiger partial charge in [-0.15, -0.1) is 0 Å². The summed E-state index contributed by atoms with van der Waals surface area (Å²) in [5.74, 6) is -0.380. The van der Waals surface area contributed by atoms with E-state index in [2.05, 4.69) is 20.6 Å². The smallest absolute Gasteiger partial charge is 0.288 e. The molecule has 1 aliphatic carbocycles. The minimum Gasteiger partial charge on any atom is -0.348 e. The Morgan fingerprint density at radius 3 is 2.67 bits per heavy atom. The average Bonchev–Trinajstić information content (AvgIpc) is 3.34. The number of aromatic nitrogens is 3. The zero-order valence-corrected chi connectivity index (χ0v) is 14.9. The van der Waals surface area contributed by atoms with Crippen molar-refractivity contribution in [1.82, 2.24) is 25.0 Å². The van der Waals surface area contributed by atoms with Crippen LogP contribution in [0.1, 0.15) is 52.5 Å². The Morgan fingerprint density at radius 2 is 1.89 bits per heavy atom. The van der Waals surface area contributed by atoms with Crippen molar-refractivity contribution in [3.05, 3.63) is 66.0 Å². The molecule has 1 aliphatic rings. The first kappa shape index (κ1) is 17.2. The van der Waals surface area contributed by atoms with Crippen LogP contribution in [0.3, 0.4) is 0 Å².